The lowest BCUT2D eigenvalue weighted by Crippen LogP contribution is -2.40. The Morgan fingerprint density at radius 3 is 2.48 bits per heavy atom. The van der Waals surface area contributed by atoms with Crippen LogP contribution < -0.4 is 10.6 Å². The summed E-state index contributed by atoms with van der Waals surface area (Å²) in [5.74, 6) is -0.532. The van der Waals surface area contributed by atoms with Gasteiger partial charge in [0.25, 0.3) is 0 Å². The molecule has 2 N–H and O–H groups in total. The molecule has 5 heteroatoms. The molecule has 0 bridgehead atoms. The zero-order chi connectivity index (χ0) is 16.9. The van der Waals surface area contributed by atoms with Gasteiger partial charge >= 0.3 is 0 Å². The molecule has 1 fully saturated rings. The number of hydrogen-bond donors (Lipinski definition) is 2. The lowest BCUT2D eigenvalue weighted by molar-refractivity contribution is -0.134. The molecule has 0 radical (unpaired) electrons. The van der Waals surface area contributed by atoms with Gasteiger partial charge in [-0.15, -0.1) is 0 Å². The van der Waals surface area contributed by atoms with Crippen LogP contribution in [-0.4, -0.2) is 24.1 Å². The fourth-order valence-electron chi connectivity index (χ4n) is 2.50. The fraction of sp³-hybridized carbons (Fsp3) is 0.500. The molecule has 2 rings (SSSR count). The molecular weight excluding hydrogens is 292 g/mol. The normalized spacial score (nSPS) is 14.9. The van der Waals surface area contributed by atoms with Gasteiger partial charge in [0.1, 0.15) is 5.41 Å². The summed E-state index contributed by atoms with van der Waals surface area (Å²) >= 11 is 0. The van der Waals surface area contributed by atoms with Crippen LogP contribution in [0.5, 0.6) is 0 Å². The van der Waals surface area contributed by atoms with Crippen LogP contribution in [0.2, 0.25) is 0 Å². The molecule has 0 spiro atoms. The molecule has 5 nitrogen and oxygen atoms in total. The minimum absolute atomic E-state index is 0.0594. The number of carbonyl (C=O) groups is 3. The summed E-state index contributed by atoms with van der Waals surface area (Å²) < 4.78 is 0. The molecule has 2 amide bonds. The van der Waals surface area contributed by atoms with Crippen molar-refractivity contribution in [3.05, 3.63) is 29.8 Å². The third kappa shape index (κ3) is 4.18. The summed E-state index contributed by atoms with van der Waals surface area (Å²) in [7, 11) is 0. The first kappa shape index (κ1) is 17.2. The van der Waals surface area contributed by atoms with E-state index in [2.05, 4.69) is 17.6 Å². The van der Waals surface area contributed by atoms with Crippen molar-refractivity contribution in [3.63, 3.8) is 0 Å². The van der Waals surface area contributed by atoms with Gasteiger partial charge in [-0.2, -0.15) is 0 Å². The van der Waals surface area contributed by atoms with Crippen molar-refractivity contribution in [1.82, 2.24) is 5.32 Å². The number of hydrogen-bond acceptors (Lipinski definition) is 3. The number of ketones is 1. The molecule has 0 heterocycles. The second-order valence-electron chi connectivity index (χ2n) is 6.14. The van der Waals surface area contributed by atoms with E-state index in [1.165, 1.54) is 6.92 Å². The highest BCUT2D eigenvalue weighted by molar-refractivity contribution is 6.13. The van der Waals surface area contributed by atoms with Crippen LogP contribution >= 0.6 is 0 Å². The zero-order valence-corrected chi connectivity index (χ0v) is 13.8. The van der Waals surface area contributed by atoms with E-state index in [4.69, 9.17) is 0 Å². The lowest BCUT2D eigenvalue weighted by atomic mass is 10.0. The number of anilines is 1. The van der Waals surface area contributed by atoms with Crippen molar-refractivity contribution >= 4 is 23.3 Å². The topological polar surface area (TPSA) is 75.3 Å². The van der Waals surface area contributed by atoms with Crippen molar-refractivity contribution in [1.29, 1.82) is 0 Å². The SMILES string of the molecule is CCCCCNC(=O)C1(C(=O)Nc2cccc(C(C)=O)c2)CC1. The molecule has 1 aliphatic carbocycles. The molecule has 1 aromatic carbocycles. The number of benzene rings is 1. The highest BCUT2D eigenvalue weighted by Crippen LogP contribution is 2.46. The Hall–Kier alpha value is -2.17. The van der Waals surface area contributed by atoms with Crippen LogP contribution in [0.3, 0.4) is 0 Å². The number of amides is 2. The Morgan fingerprint density at radius 1 is 1.13 bits per heavy atom. The Balaban J connectivity index is 1.95. The van der Waals surface area contributed by atoms with Crippen molar-refractivity contribution in [2.24, 2.45) is 5.41 Å². The maximum atomic E-state index is 12.5. The molecular formula is C18H24N2O3. The summed E-state index contributed by atoms with van der Waals surface area (Å²) in [6.45, 7) is 4.20. The average Bonchev–Trinajstić information content (AvgIpc) is 3.33. The first-order valence-electron chi connectivity index (χ1n) is 8.20. The van der Waals surface area contributed by atoms with Crippen LogP contribution in [0.25, 0.3) is 0 Å². The number of rotatable bonds is 8. The van der Waals surface area contributed by atoms with Crippen molar-refractivity contribution < 1.29 is 14.4 Å². The fourth-order valence-corrected chi connectivity index (χ4v) is 2.50. The van der Waals surface area contributed by atoms with Crippen LogP contribution in [-0.2, 0) is 9.59 Å². The van der Waals surface area contributed by atoms with E-state index < -0.39 is 5.41 Å². The number of nitrogens with one attached hydrogen (secondary N) is 2. The molecule has 1 aliphatic rings. The van der Waals surface area contributed by atoms with Gasteiger partial charge in [-0.25, -0.2) is 0 Å². The predicted molar refractivity (Wildman–Crippen MR) is 89.3 cm³/mol. The average molecular weight is 316 g/mol. The van der Waals surface area contributed by atoms with Crippen molar-refractivity contribution in [2.75, 3.05) is 11.9 Å². The first-order chi connectivity index (χ1) is 11.0. The van der Waals surface area contributed by atoms with Gasteiger partial charge < -0.3 is 10.6 Å². The van der Waals surface area contributed by atoms with Crippen LogP contribution in [0.1, 0.15) is 56.3 Å². The minimum Gasteiger partial charge on any atom is -0.355 e. The lowest BCUT2D eigenvalue weighted by Gasteiger charge is -2.15. The number of Topliss-reactive ketones (excluding diaryl/α,β-unsaturated/α-hetero) is 1. The smallest absolute Gasteiger partial charge is 0.240 e. The predicted octanol–water partition coefficient (Wildman–Crippen LogP) is 2.91. The van der Waals surface area contributed by atoms with Gasteiger partial charge in [0.15, 0.2) is 5.78 Å². The largest absolute Gasteiger partial charge is 0.355 e. The molecule has 124 valence electrons. The van der Waals surface area contributed by atoms with Crippen LogP contribution in [0.15, 0.2) is 24.3 Å². The summed E-state index contributed by atoms with van der Waals surface area (Å²) in [4.78, 5) is 36.1. The standard InChI is InChI=1S/C18H24N2O3/c1-3-4-5-11-19-16(22)18(9-10-18)17(23)20-15-8-6-7-14(12-15)13(2)21/h6-8,12H,3-5,9-11H2,1-2H3,(H,19,22)(H,20,23). The van der Waals surface area contributed by atoms with E-state index in [0.29, 0.717) is 30.6 Å². The van der Waals surface area contributed by atoms with Crippen LogP contribution in [0, 0.1) is 5.41 Å². The van der Waals surface area contributed by atoms with E-state index >= 15 is 0 Å². The molecule has 23 heavy (non-hydrogen) atoms. The van der Waals surface area contributed by atoms with Crippen LogP contribution in [0.4, 0.5) is 5.69 Å². The third-order valence-corrected chi connectivity index (χ3v) is 4.21. The summed E-state index contributed by atoms with van der Waals surface area (Å²) in [6.07, 6.45) is 4.24. The van der Waals surface area contributed by atoms with E-state index in [0.717, 1.165) is 19.3 Å². The molecule has 0 aromatic heterocycles. The molecule has 0 aliphatic heterocycles. The highest BCUT2D eigenvalue weighted by Gasteiger charge is 2.56. The van der Waals surface area contributed by atoms with E-state index in [1.807, 2.05) is 0 Å². The highest BCUT2D eigenvalue weighted by atomic mass is 16.2. The van der Waals surface area contributed by atoms with Gasteiger partial charge in [0.05, 0.1) is 0 Å². The summed E-state index contributed by atoms with van der Waals surface area (Å²) in [6, 6.07) is 6.77. The zero-order valence-electron chi connectivity index (χ0n) is 13.8. The minimum atomic E-state index is -0.932. The molecule has 1 saturated carbocycles. The quantitative estimate of drug-likeness (QED) is 0.440. The third-order valence-electron chi connectivity index (χ3n) is 4.21. The van der Waals surface area contributed by atoms with Crippen molar-refractivity contribution in [3.8, 4) is 0 Å². The Bertz CT molecular complexity index is 606. The summed E-state index contributed by atoms with van der Waals surface area (Å²) in [5.41, 5.74) is 0.155. The molecule has 0 atom stereocenters. The number of carbonyl (C=O) groups excluding carboxylic acids is 3. The van der Waals surface area contributed by atoms with Gasteiger partial charge in [-0.3, -0.25) is 14.4 Å². The van der Waals surface area contributed by atoms with Gasteiger partial charge in [-0.1, -0.05) is 31.9 Å². The van der Waals surface area contributed by atoms with Gasteiger partial charge in [0, 0.05) is 17.8 Å². The Kier molecular flexibility index (Phi) is 5.53. The monoisotopic (exact) mass is 316 g/mol. The molecule has 1 aromatic rings. The van der Waals surface area contributed by atoms with Crippen molar-refractivity contribution in [2.45, 2.75) is 46.0 Å². The van der Waals surface area contributed by atoms with E-state index in [-0.39, 0.29) is 17.6 Å². The maximum absolute atomic E-state index is 12.5. The molecule has 0 saturated heterocycles. The summed E-state index contributed by atoms with van der Waals surface area (Å²) in [5, 5.41) is 5.63. The second-order valence-corrected chi connectivity index (χ2v) is 6.14. The van der Waals surface area contributed by atoms with Gasteiger partial charge in [-0.05, 0) is 38.3 Å². The first-order valence-corrected chi connectivity index (χ1v) is 8.20. The maximum Gasteiger partial charge on any atom is 0.240 e. The van der Waals surface area contributed by atoms with E-state index in [1.54, 1.807) is 24.3 Å². The van der Waals surface area contributed by atoms with Gasteiger partial charge in [0.2, 0.25) is 11.8 Å². The molecule has 0 unspecified atom stereocenters. The second kappa shape index (κ2) is 7.40. The number of unbranched alkanes of at least 4 members (excludes halogenated alkanes) is 2. The van der Waals surface area contributed by atoms with E-state index in [9.17, 15) is 14.4 Å². The Morgan fingerprint density at radius 2 is 1.87 bits per heavy atom. The Labute approximate surface area is 136 Å².